The molecule has 0 amide bonds. The fourth-order valence-corrected chi connectivity index (χ4v) is 2.45. The summed E-state index contributed by atoms with van der Waals surface area (Å²) in [5, 5.41) is 0. The summed E-state index contributed by atoms with van der Waals surface area (Å²) in [5.74, 6) is 0.239. The smallest absolute Gasteiger partial charge is 0.403 e. The zero-order chi connectivity index (χ0) is 14.8. The van der Waals surface area contributed by atoms with E-state index < -0.39 is 0 Å². The minimum Gasteiger partial charge on any atom is -0.403 e. The molecule has 20 heavy (non-hydrogen) atoms. The Morgan fingerprint density at radius 2 is 1.60 bits per heavy atom. The van der Waals surface area contributed by atoms with Crippen LogP contribution in [0, 0.1) is 0 Å². The monoisotopic (exact) mass is 272 g/mol. The zero-order valence-electron chi connectivity index (χ0n) is 13.2. The predicted octanol–water partition coefficient (Wildman–Crippen LogP) is 4.27. The Morgan fingerprint density at radius 1 is 1.05 bits per heavy atom. The maximum Gasteiger partial charge on any atom is 0.465 e. The number of hydrogen-bond acceptors (Lipinski definition) is 2. The fraction of sp³-hybridized carbons (Fsp3) is 0.529. The van der Waals surface area contributed by atoms with E-state index >= 15 is 0 Å². The minimum absolute atomic E-state index is 0.184. The molecule has 3 heteroatoms. The van der Waals surface area contributed by atoms with E-state index in [1.165, 1.54) is 5.56 Å². The largest absolute Gasteiger partial charge is 0.465 e. The van der Waals surface area contributed by atoms with E-state index in [1.807, 2.05) is 13.0 Å². The normalized spacial score (nSPS) is 22.4. The molecular weight excluding hydrogens is 247 g/mol. The number of rotatable bonds is 4. The molecule has 2 nitrogen and oxygen atoms in total. The first-order valence-corrected chi connectivity index (χ1v) is 7.38. The number of allylic oxidation sites excluding steroid dienone is 2. The maximum atomic E-state index is 6.18. The highest BCUT2D eigenvalue weighted by Gasteiger charge is 2.53. The third kappa shape index (κ3) is 3.16. The zero-order valence-corrected chi connectivity index (χ0v) is 13.2. The van der Waals surface area contributed by atoms with Gasteiger partial charge in [-0.25, -0.2) is 0 Å². The van der Waals surface area contributed by atoms with Crippen molar-refractivity contribution >= 4 is 7.12 Å². The molecule has 1 saturated heterocycles. The van der Waals surface area contributed by atoms with E-state index in [9.17, 15) is 0 Å². The molecule has 0 spiro atoms. The lowest BCUT2D eigenvalue weighted by Gasteiger charge is -2.32. The average molecular weight is 272 g/mol. The van der Waals surface area contributed by atoms with E-state index in [1.54, 1.807) is 0 Å². The molecule has 1 aromatic carbocycles. The molecule has 2 rings (SSSR count). The van der Waals surface area contributed by atoms with Crippen LogP contribution in [0.1, 0.15) is 40.2 Å². The molecule has 0 bridgehead atoms. The van der Waals surface area contributed by atoms with E-state index in [2.05, 4.69) is 64.1 Å². The molecule has 1 aliphatic heterocycles. The van der Waals surface area contributed by atoms with Crippen LogP contribution in [0.2, 0.25) is 5.82 Å². The lowest BCUT2D eigenvalue weighted by Crippen LogP contribution is -2.41. The summed E-state index contributed by atoms with van der Waals surface area (Å²) in [6.45, 7) is 10.4. The number of hydrogen-bond donors (Lipinski definition) is 0. The van der Waals surface area contributed by atoms with Crippen LogP contribution in [0.25, 0.3) is 0 Å². The summed E-state index contributed by atoms with van der Waals surface area (Å²) >= 11 is 0. The quantitative estimate of drug-likeness (QED) is 0.602. The molecule has 1 atom stereocenters. The lowest BCUT2D eigenvalue weighted by atomic mass is 9.68. The molecule has 0 radical (unpaired) electrons. The van der Waals surface area contributed by atoms with Crippen LogP contribution in [-0.4, -0.2) is 18.3 Å². The van der Waals surface area contributed by atoms with Crippen molar-refractivity contribution in [1.82, 2.24) is 0 Å². The molecular formula is C17H25BO2. The first-order chi connectivity index (χ1) is 9.36. The Balaban J connectivity index is 2.15. The van der Waals surface area contributed by atoms with Gasteiger partial charge >= 0.3 is 7.12 Å². The van der Waals surface area contributed by atoms with Crippen molar-refractivity contribution in [2.75, 3.05) is 0 Å². The van der Waals surface area contributed by atoms with Crippen molar-refractivity contribution < 1.29 is 9.31 Å². The molecule has 0 saturated carbocycles. The predicted molar refractivity (Wildman–Crippen MR) is 84.8 cm³/mol. The summed E-state index contributed by atoms with van der Waals surface area (Å²) in [5.41, 5.74) is 0.771. The Labute approximate surface area is 123 Å². The summed E-state index contributed by atoms with van der Waals surface area (Å²) in [7, 11) is -0.184. The second kappa shape index (κ2) is 5.75. The highest BCUT2D eigenvalue weighted by molar-refractivity contribution is 6.48. The Kier molecular flexibility index (Phi) is 4.41. The molecule has 1 aromatic rings. The van der Waals surface area contributed by atoms with Gasteiger partial charge in [0.2, 0.25) is 0 Å². The van der Waals surface area contributed by atoms with Gasteiger partial charge in [0.05, 0.1) is 11.2 Å². The fourth-order valence-electron chi connectivity index (χ4n) is 2.45. The summed E-state index contributed by atoms with van der Waals surface area (Å²) < 4.78 is 12.4. The van der Waals surface area contributed by atoms with Crippen LogP contribution in [0.15, 0.2) is 42.5 Å². The molecule has 1 heterocycles. The van der Waals surface area contributed by atoms with Crippen LogP contribution in [0.4, 0.5) is 0 Å². The first-order valence-electron chi connectivity index (χ1n) is 7.38. The standard InChI is InChI=1S/C17H25BO2/c1-6-10-15(13-14-11-8-7-9-12-14)18-19-16(2,3)17(4,5)20-18/h6-12,15H,13H2,1-5H3/b10-6+/t15-/m0/s1. The Morgan fingerprint density at radius 3 is 2.10 bits per heavy atom. The van der Waals surface area contributed by atoms with Crippen LogP contribution >= 0.6 is 0 Å². The van der Waals surface area contributed by atoms with E-state index in [0.29, 0.717) is 0 Å². The van der Waals surface area contributed by atoms with Crippen LogP contribution in [0.3, 0.4) is 0 Å². The van der Waals surface area contributed by atoms with Gasteiger partial charge in [0.25, 0.3) is 0 Å². The molecule has 108 valence electrons. The summed E-state index contributed by atoms with van der Waals surface area (Å²) in [4.78, 5) is 0. The van der Waals surface area contributed by atoms with Crippen molar-refractivity contribution in [2.45, 2.75) is 58.1 Å². The van der Waals surface area contributed by atoms with Crippen molar-refractivity contribution in [1.29, 1.82) is 0 Å². The second-order valence-electron chi connectivity index (χ2n) is 6.50. The van der Waals surface area contributed by atoms with Gasteiger partial charge < -0.3 is 9.31 Å². The van der Waals surface area contributed by atoms with Gasteiger partial charge in [-0.15, -0.1) is 0 Å². The SMILES string of the molecule is C/C=C/[C@@H](Cc1ccccc1)B1OC(C)(C)C(C)(C)O1. The molecule has 0 aliphatic carbocycles. The van der Waals surface area contributed by atoms with Crippen LogP contribution in [0.5, 0.6) is 0 Å². The van der Waals surface area contributed by atoms with Crippen molar-refractivity contribution in [2.24, 2.45) is 0 Å². The Bertz CT molecular complexity index is 449. The molecule has 0 aromatic heterocycles. The van der Waals surface area contributed by atoms with Gasteiger partial charge in [0, 0.05) is 5.82 Å². The van der Waals surface area contributed by atoms with E-state index in [-0.39, 0.29) is 24.1 Å². The summed E-state index contributed by atoms with van der Waals surface area (Å²) in [6.07, 6.45) is 5.20. The molecule has 0 unspecified atom stereocenters. The summed E-state index contributed by atoms with van der Waals surface area (Å²) in [6, 6.07) is 10.5. The third-order valence-corrected chi connectivity index (χ3v) is 4.37. The van der Waals surface area contributed by atoms with Gasteiger partial charge in [-0.3, -0.25) is 0 Å². The molecule has 1 aliphatic rings. The maximum absolute atomic E-state index is 6.18. The van der Waals surface area contributed by atoms with E-state index in [0.717, 1.165) is 6.42 Å². The van der Waals surface area contributed by atoms with Gasteiger partial charge in [-0.1, -0.05) is 42.5 Å². The van der Waals surface area contributed by atoms with Gasteiger partial charge in [-0.05, 0) is 46.6 Å². The topological polar surface area (TPSA) is 18.5 Å². The highest BCUT2D eigenvalue weighted by Crippen LogP contribution is 2.41. The Hall–Kier alpha value is -1.06. The van der Waals surface area contributed by atoms with E-state index in [4.69, 9.17) is 9.31 Å². The molecule has 1 fully saturated rings. The average Bonchev–Trinajstić information content (AvgIpc) is 2.59. The van der Waals surface area contributed by atoms with Gasteiger partial charge in [0.1, 0.15) is 0 Å². The van der Waals surface area contributed by atoms with Gasteiger partial charge in [0.15, 0.2) is 0 Å². The third-order valence-electron chi connectivity index (χ3n) is 4.37. The van der Waals surface area contributed by atoms with Crippen molar-refractivity contribution in [3.8, 4) is 0 Å². The van der Waals surface area contributed by atoms with Crippen LogP contribution in [-0.2, 0) is 15.7 Å². The van der Waals surface area contributed by atoms with Crippen molar-refractivity contribution in [3.05, 3.63) is 48.0 Å². The van der Waals surface area contributed by atoms with Gasteiger partial charge in [-0.2, -0.15) is 0 Å². The lowest BCUT2D eigenvalue weighted by molar-refractivity contribution is 0.00578. The highest BCUT2D eigenvalue weighted by atomic mass is 16.7. The minimum atomic E-state index is -0.270. The first kappa shape index (κ1) is 15.3. The second-order valence-corrected chi connectivity index (χ2v) is 6.50. The molecule has 0 N–H and O–H groups in total. The van der Waals surface area contributed by atoms with Crippen molar-refractivity contribution in [3.63, 3.8) is 0 Å². The van der Waals surface area contributed by atoms with Crippen LogP contribution < -0.4 is 0 Å². The number of benzene rings is 1.